The first-order valence-electron chi connectivity index (χ1n) is 16.6. The summed E-state index contributed by atoms with van der Waals surface area (Å²) in [4.78, 5) is 21.2. The summed E-state index contributed by atoms with van der Waals surface area (Å²) in [5, 5.41) is 8.50. The second kappa shape index (κ2) is 37.6. The molecule has 0 heterocycles. The van der Waals surface area contributed by atoms with Gasteiger partial charge in [-0.25, -0.2) is 0 Å². The van der Waals surface area contributed by atoms with Gasteiger partial charge in [0.1, 0.15) is 0 Å². The topological polar surface area (TPSA) is 63.6 Å². The Balaban J connectivity index is 0. The largest absolute Gasteiger partial charge is 0.481 e. The molecule has 0 aliphatic heterocycles. The summed E-state index contributed by atoms with van der Waals surface area (Å²) in [6.07, 6.45) is 46.4. The first-order valence-corrected chi connectivity index (χ1v) is 16.6. The third-order valence-electron chi connectivity index (χ3n) is 6.60. The van der Waals surface area contributed by atoms with Gasteiger partial charge in [-0.2, -0.15) is 0 Å². The fourth-order valence-electron chi connectivity index (χ4n) is 4.08. The van der Waals surface area contributed by atoms with Gasteiger partial charge in [0.2, 0.25) is 0 Å². The van der Waals surface area contributed by atoms with E-state index in [-0.39, 0.29) is 5.97 Å². The van der Waals surface area contributed by atoms with Crippen molar-refractivity contribution in [3.8, 4) is 0 Å². The third-order valence-corrected chi connectivity index (χ3v) is 6.60. The van der Waals surface area contributed by atoms with E-state index in [9.17, 15) is 9.59 Å². The van der Waals surface area contributed by atoms with Crippen molar-refractivity contribution < 1.29 is 19.4 Å². The molecule has 0 saturated carbocycles. The maximum absolute atomic E-state index is 10.9. The predicted octanol–water partition coefficient (Wildman–Crippen LogP) is 11.6. The number of esters is 1. The van der Waals surface area contributed by atoms with Crippen molar-refractivity contribution in [2.24, 2.45) is 0 Å². The van der Waals surface area contributed by atoms with Crippen LogP contribution in [0.4, 0.5) is 0 Å². The van der Waals surface area contributed by atoms with Crippen molar-refractivity contribution in [2.75, 3.05) is 7.11 Å². The quantitative estimate of drug-likeness (QED) is 0.0604. The van der Waals surface area contributed by atoms with Crippen LogP contribution in [0.1, 0.15) is 155 Å². The van der Waals surface area contributed by atoms with Crippen molar-refractivity contribution in [3.05, 3.63) is 60.8 Å². The molecule has 0 aromatic rings. The van der Waals surface area contributed by atoms with Crippen molar-refractivity contribution in [1.82, 2.24) is 0 Å². The number of carbonyl (C=O) groups is 2. The minimum absolute atomic E-state index is 0.0827. The molecule has 0 rings (SSSR count). The summed E-state index contributed by atoms with van der Waals surface area (Å²) < 4.78 is 4.62. The molecule has 0 radical (unpaired) electrons. The molecule has 0 aliphatic carbocycles. The zero-order valence-corrected chi connectivity index (χ0v) is 27.0. The first-order chi connectivity index (χ1) is 20.1. The highest BCUT2D eigenvalue weighted by molar-refractivity contribution is 5.69. The van der Waals surface area contributed by atoms with Crippen molar-refractivity contribution >= 4 is 11.9 Å². The standard InChI is InChI=1S/C19H34O2.C18H30O2/c1-3-4-5-6-7-8-9-10-11-12-13-14-15-16-17-18-19(20)21-2;1-2-3-4-5-6-7-8-9-10-11-12-13-14-15-16-17-18(19)20/h7-8,10-11H,3-6,9,12-18H2,1-2H3;3-4,6-7,9-10H,2,5,8,11-17H2,1H3,(H,19,20)/b8-7-,11-10-;4-3-,7-6-,10-9-. The predicted molar refractivity (Wildman–Crippen MR) is 178 cm³/mol. The average Bonchev–Trinajstić information content (AvgIpc) is 2.97. The third kappa shape index (κ3) is 42.2. The number of methoxy groups -OCH3 is 1. The molecule has 0 aromatic heterocycles. The van der Waals surface area contributed by atoms with Gasteiger partial charge in [0.15, 0.2) is 0 Å². The number of unbranched alkanes of at least 4 members (excludes halogenated alkanes) is 13. The van der Waals surface area contributed by atoms with Crippen molar-refractivity contribution in [1.29, 1.82) is 0 Å². The molecule has 0 aromatic carbocycles. The molecule has 4 heteroatoms. The number of carboxylic acid groups (broad SMARTS) is 1. The first kappa shape index (κ1) is 40.8. The van der Waals surface area contributed by atoms with Crippen LogP contribution in [0.25, 0.3) is 0 Å². The zero-order chi connectivity index (χ0) is 30.5. The molecule has 0 spiro atoms. The highest BCUT2D eigenvalue weighted by Crippen LogP contribution is 2.09. The number of hydrogen-bond acceptors (Lipinski definition) is 3. The van der Waals surface area contributed by atoms with Gasteiger partial charge in [0.05, 0.1) is 7.11 Å². The molecular formula is C37H64O4. The van der Waals surface area contributed by atoms with Gasteiger partial charge in [-0.3, -0.25) is 9.59 Å². The molecule has 41 heavy (non-hydrogen) atoms. The Morgan fingerprint density at radius 3 is 1.34 bits per heavy atom. The van der Waals surface area contributed by atoms with E-state index < -0.39 is 5.97 Å². The molecule has 0 amide bonds. The van der Waals surface area contributed by atoms with Crippen LogP contribution in [0.2, 0.25) is 0 Å². The van der Waals surface area contributed by atoms with Crippen LogP contribution in [-0.4, -0.2) is 24.2 Å². The molecule has 0 saturated heterocycles. The van der Waals surface area contributed by atoms with Gasteiger partial charge in [-0.15, -0.1) is 0 Å². The highest BCUT2D eigenvalue weighted by Gasteiger charge is 1.98. The molecule has 0 bridgehead atoms. The Kier molecular flexibility index (Phi) is 37.4. The number of carbonyl (C=O) groups excluding carboxylic acids is 1. The lowest BCUT2D eigenvalue weighted by atomic mass is 10.1. The van der Waals surface area contributed by atoms with Crippen LogP contribution >= 0.6 is 0 Å². The lowest BCUT2D eigenvalue weighted by Gasteiger charge is -1.99. The Morgan fingerprint density at radius 1 is 0.512 bits per heavy atom. The van der Waals surface area contributed by atoms with E-state index in [1.807, 2.05) is 0 Å². The van der Waals surface area contributed by atoms with E-state index in [1.165, 1.54) is 71.3 Å². The van der Waals surface area contributed by atoms with E-state index >= 15 is 0 Å². The fourth-order valence-corrected chi connectivity index (χ4v) is 4.08. The van der Waals surface area contributed by atoms with Crippen LogP contribution in [-0.2, 0) is 14.3 Å². The number of hydrogen-bond donors (Lipinski definition) is 1. The van der Waals surface area contributed by atoms with Gasteiger partial charge in [0, 0.05) is 12.8 Å². The molecule has 236 valence electrons. The minimum atomic E-state index is -0.675. The normalized spacial score (nSPS) is 11.8. The second-order valence-electron chi connectivity index (χ2n) is 10.6. The van der Waals surface area contributed by atoms with Crippen LogP contribution in [0.15, 0.2) is 60.8 Å². The molecule has 0 aliphatic rings. The molecule has 1 N–H and O–H groups in total. The summed E-state index contributed by atoms with van der Waals surface area (Å²) in [7, 11) is 1.45. The summed E-state index contributed by atoms with van der Waals surface area (Å²) >= 11 is 0. The van der Waals surface area contributed by atoms with Crippen LogP contribution in [0.5, 0.6) is 0 Å². The van der Waals surface area contributed by atoms with Gasteiger partial charge in [-0.1, -0.05) is 126 Å². The lowest BCUT2D eigenvalue weighted by Crippen LogP contribution is -1.98. The fraction of sp³-hybridized carbons (Fsp3) is 0.676. The highest BCUT2D eigenvalue weighted by atomic mass is 16.5. The molecule has 0 fully saturated rings. The maximum Gasteiger partial charge on any atom is 0.305 e. The lowest BCUT2D eigenvalue weighted by molar-refractivity contribution is -0.141. The van der Waals surface area contributed by atoms with Gasteiger partial charge in [0.25, 0.3) is 0 Å². The Bertz CT molecular complexity index is 700. The van der Waals surface area contributed by atoms with Crippen LogP contribution < -0.4 is 0 Å². The van der Waals surface area contributed by atoms with E-state index in [1.54, 1.807) is 0 Å². The summed E-state index contributed by atoms with van der Waals surface area (Å²) in [6, 6.07) is 0. The number of carboxylic acids is 1. The van der Waals surface area contributed by atoms with Gasteiger partial charge >= 0.3 is 11.9 Å². The van der Waals surface area contributed by atoms with E-state index in [4.69, 9.17) is 5.11 Å². The van der Waals surface area contributed by atoms with E-state index in [0.717, 1.165) is 64.2 Å². The molecule has 4 nitrogen and oxygen atoms in total. The smallest absolute Gasteiger partial charge is 0.305 e. The average molecular weight is 573 g/mol. The number of ether oxygens (including phenoxy) is 1. The zero-order valence-electron chi connectivity index (χ0n) is 27.0. The number of rotatable bonds is 27. The Labute approximate surface area is 254 Å². The summed E-state index contributed by atoms with van der Waals surface area (Å²) in [6.45, 7) is 4.39. The minimum Gasteiger partial charge on any atom is -0.481 e. The Hall–Kier alpha value is -2.36. The van der Waals surface area contributed by atoms with Crippen molar-refractivity contribution in [3.63, 3.8) is 0 Å². The number of allylic oxidation sites excluding steroid dienone is 10. The molecule has 0 atom stereocenters. The van der Waals surface area contributed by atoms with Gasteiger partial charge < -0.3 is 9.84 Å². The maximum atomic E-state index is 10.9. The van der Waals surface area contributed by atoms with E-state index in [2.05, 4.69) is 79.3 Å². The SMILES string of the molecule is CC/C=C\C/C=C\C/C=C\CCCCCCCC(=O)O.CCCCC/C=C\C/C=C\CCCCCCCC(=O)OC. The molecular weight excluding hydrogens is 508 g/mol. The van der Waals surface area contributed by atoms with E-state index in [0.29, 0.717) is 12.8 Å². The molecule has 0 unspecified atom stereocenters. The van der Waals surface area contributed by atoms with Crippen LogP contribution in [0.3, 0.4) is 0 Å². The summed E-state index contributed by atoms with van der Waals surface area (Å²) in [5.41, 5.74) is 0. The second-order valence-corrected chi connectivity index (χ2v) is 10.6. The monoisotopic (exact) mass is 572 g/mol. The number of aliphatic carboxylic acids is 1. The van der Waals surface area contributed by atoms with Crippen LogP contribution in [0, 0.1) is 0 Å². The summed E-state index contributed by atoms with van der Waals surface area (Å²) in [5.74, 6) is -0.758. The van der Waals surface area contributed by atoms with Gasteiger partial charge in [-0.05, 0) is 77.0 Å². The van der Waals surface area contributed by atoms with Crippen molar-refractivity contribution in [2.45, 2.75) is 155 Å². The Morgan fingerprint density at radius 2 is 0.902 bits per heavy atom.